The van der Waals surface area contributed by atoms with Crippen LogP contribution in [0.15, 0.2) is 211 Å². The summed E-state index contributed by atoms with van der Waals surface area (Å²) in [5, 5.41) is 9.87. The van der Waals surface area contributed by atoms with Crippen molar-refractivity contribution >= 4 is 54.6 Å². The lowest BCUT2D eigenvalue weighted by molar-refractivity contribution is 0.668. The summed E-state index contributed by atoms with van der Waals surface area (Å²) in [5.41, 5.74) is 21.1. The maximum Gasteiger partial charge on any atom is 0.131 e. The largest absolute Gasteiger partial charge is 0.383 e. The third-order valence-corrected chi connectivity index (χ3v) is 12.9. The molecule has 0 aliphatic heterocycles. The fourth-order valence-electron chi connectivity index (χ4n) is 10.1. The molecule has 0 heterocycles. The Bertz CT molecular complexity index is 3420. The number of nitrogens with zero attached hydrogens (tertiary/aromatic N) is 1. The summed E-state index contributed by atoms with van der Waals surface area (Å²) < 4.78 is 0. The lowest BCUT2D eigenvalue weighted by Crippen LogP contribution is -2.17. The Labute approximate surface area is 357 Å². The SMILES string of the molecule is CC1(C)c2c(cccc2-c2ccc(-c3ccc(/C(=C/Cc4ccc5ccccc5c4)N=C(N)c4ccccc4)c4ccccc34)c3ccccc23)-c2ccc3ccccc3c21. The van der Waals surface area contributed by atoms with Crippen molar-refractivity contribution in [1.29, 1.82) is 0 Å². The molecule has 0 saturated carbocycles. The number of rotatable bonds is 7. The molecule has 2 N–H and O–H groups in total. The van der Waals surface area contributed by atoms with Crippen LogP contribution in [-0.4, -0.2) is 5.84 Å². The van der Waals surface area contributed by atoms with Crippen molar-refractivity contribution < 1.29 is 0 Å². The van der Waals surface area contributed by atoms with Crippen LogP contribution in [0.25, 0.3) is 82.2 Å². The van der Waals surface area contributed by atoms with Crippen LogP contribution in [0.3, 0.4) is 0 Å². The van der Waals surface area contributed by atoms with Gasteiger partial charge >= 0.3 is 0 Å². The van der Waals surface area contributed by atoms with Crippen molar-refractivity contribution in [3.63, 3.8) is 0 Å². The van der Waals surface area contributed by atoms with E-state index in [0.717, 1.165) is 28.6 Å². The Hall–Kier alpha value is -7.55. The Kier molecular flexibility index (Phi) is 8.75. The van der Waals surface area contributed by atoms with Crippen LogP contribution in [-0.2, 0) is 11.8 Å². The van der Waals surface area contributed by atoms with Crippen molar-refractivity contribution in [2.45, 2.75) is 25.7 Å². The second-order valence-electron chi connectivity index (χ2n) is 16.8. The number of benzene rings is 10. The van der Waals surface area contributed by atoms with Crippen LogP contribution in [0.4, 0.5) is 0 Å². The van der Waals surface area contributed by atoms with Gasteiger partial charge in [0.15, 0.2) is 0 Å². The van der Waals surface area contributed by atoms with Crippen LogP contribution in [0.1, 0.15) is 41.7 Å². The molecule has 0 radical (unpaired) electrons. The van der Waals surface area contributed by atoms with E-state index in [1.807, 2.05) is 30.3 Å². The molecule has 0 saturated heterocycles. The number of aliphatic imine (C=N–C) groups is 1. The van der Waals surface area contributed by atoms with Gasteiger partial charge in [-0.15, -0.1) is 0 Å². The summed E-state index contributed by atoms with van der Waals surface area (Å²) in [4.78, 5) is 5.17. The predicted octanol–water partition coefficient (Wildman–Crippen LogP) is 14.9. The van der Waals surface area contributed by atoms with Crippen LogP contribution in [0, 0.1) is 0 Å². The smallest absolute Gasteiger partial charge is 0.131 e. The lowest BCUT2D eigenvalue weighted by atomic mass is 9.76. The highest BCUT2D eigenvalue weighted by Crippen LogP contribution is 2.55. The zero-order valence-corrected chi connectivity index (χ0v) is 34.4. The summed E-state index contributed by atoms with van der Waals surface area (Å²) in [5.74, 6) is 0.493. The number of hydrogen-bond donors (Lipinski definition) is 1. The predicted molar refractivity (Wildman–Crippen MR) is 260 cm³/mol. The second-order valence-corrected chi connectivity index (χ2v) is 16.8. The van der Waals surface area contributed by atoms with E-state index in [-0.39, 0.29) is 5.41 Å². The van der Waals surface area contributed by atoms with Crippen LogP contribution >= 0.6 is 0 Å². The first-order valence-electron chi connectivity index (χ1n) is 21.2. The molecule has 0 fully saturated rings. The highest BCUT2D eigenvalue weighted by molar-refractivity contribution is 6.13. The van der Waals surface area contributed by atoms with Gasteiger partial charge in [0.2, 0.25) is 0 Å². The lowest BCUT2D eigenvalue weighted by Gasteiger charge is -2.26. The average Bonchev–Trinajstić information content (AvgIpc) is 3.56. The molecule has 0 atom stereocenters. The summed E-state index contributed by atoms with van der Waals surface area (Å²) >= 11 is 0. The molecule has 11 rings (SSSR count). The molecule has 0 amide bonds. The number of amidine groups is 1. The van der Waals surface area contributed by atoms with Gasteiger partial charge in [-0.05, 0) is 99.6 Å². The van der Waals surface area contributed by atoms with Crippen molar-refractivity contribution in [3.8, 4) is 33.4 Å². The van der Waals surface area contributed by atoms with Gasteiger partial charge in [0.1, 0.15) is 5.84 Å². The number of allylic oxidation sites excluding steroid dienone is 1. The van der Waals surface area contributed by atoms with Crippen molar-refractivity contribution in [2.24, 2.45) is 10.7 Å². The number of fused-ring (bicyclic) bond motifs is 8. The van der Waals surface area contributed by atoms with E-state index in [0.29, 0.717) is 5.84 Å². The molecule has 0 aromatic heterocycles. The van der Waals surface area contributed by atoms with E-state index in [1.54, 1.807) is 0 Å². The fraction of sp³-hybridized carbons (Fsp3) is 0.0678. The Morgan fingerprint density at radius 2 is 0.951 bits per heavy atom. The molecule has 290 valence electrons. The standard InChI is InChI=1S/C59H44N2/c1-59(2)56-43-20-9-8-16-40(43)30-31-54(56)53-26-14-25-52(57(53)59)50-33-32-48(44-21-10-11-22-45(44)50)49-34-35-51(47-24-13-12-23-46(47)49)55(61-58(60)41-17-4-3-5-18-41)36-28-38-27-29-39-15-6-7-19-42(39)37-38/h3-27,29-37H,28H2,1-2H3,(H2,60,61)/b55-36-. The van der Waals surface area contributed by atoms with Gasteiger partial charge in [0.05, 0.1) is 5.70 Å². The Morgan fingerprint density at radius 1 is 0.443 bits per heavy atom. The molecule has 2 nitrogen and oxygen atoms in total. The van der Waals surface area contributed by atoms with E-state index >= 15 is 0 Å². The normalized spacial score (nSPS) is 13.5. The molecule has 10 aromatic carbocycles. The summed E-state index contributed by atoms with van der Waals surface area (Å²) in [7, 11) is 0. The second kappa shape index (κ2) is 14.6. The molecule has 0 spiro atoms. The summed E-state index contributed by atoms with van der Waals surface area (Å²) in [6.45, 7) is 4.81. The van der Waals surface area contributed by atoms with E-state index in [9.17, 15) is 0 Å². The van der Waals surface area contributed by atoms with Crippen molar-refractivity contribution in [2.75, 3.05) is 0 Å². The van der Waals surface area contributed by atoms with Crippen LogP contribution in [0.5, 0.6) is 0 Å². The molecule has 2 heteroatoms. The highest BCUT2D eigenvalue weighted by atomic mass is 14.9. The van der Waals surface area contributed by atoms with Crippen molar-refractivity contribution in [1.82, 2.24) is 0 Å². The van der Waals surface area contributed by atoms with Gasteiger partial charge in [-0.2, -0.15) is 0 Å². The highest BCUT2D eigenvalue weighted by Gasteiger charge is 2.39. The molecule has 10 aromatic rings. The zero-order valence-electron chi connectivity index (χ0n) is 34.4. The first-order chi connectivity index (χ1) is 29.9. The average molecular weight is 781 g/mol. The van der Waals surface area contributed by atoms with Gasteiger partial charge in [-0.3, -0.25) is 0 Å². The minimum absolute atomic E-state index is 0.181. The van der Waals surface area contributed by atoms with E-state index in [4.69, 9.17) is 10.7 Å². The van der Waals surface area contributed by atoms with Crippen LogP contribution in [0.2, 0.25) is 0 Å². The Balaban J connectivity index is 1.05. The third-order valence-electron chi connectivity index (χ3n) is 12.9. The molecule has 61 heavy (non-hydrogen) atoms. The maximum atomic E-state index is 6.78. The van der Waals surface area contributed by atoms with E-state index in [1.165, 1.54) is 87.8 Å². The molecule has 0 unspecified atom stereocenters. The molecule has 0 bridgehead atoms. The molecule has 1 aliphatic carbocycles. The number of nitrogens with two attached hydrogens (primary N) is 1. The first kappa shape index (κ1) is 36.5. The first-order valence-corrected chi connectivity index (χ1v) is 21.2. The van der Waals surface area contributed by atoms with Gasteiger partial charge < -0.3 is 5.73 Å². The summed E-state index contributed by atoms with van der Waals surface area (Å²) in [6.07, 6.45) is 2.95. The quantitative estimate of drug-likeness (QED) is 0.127. The topological polar surface area (TPSA) is 38.4 Å². The monoisotopic (exact) mass is 780 g/mol. The molecular formula is C59H44N2. The van der Waals surface area contributed by atoms with E-state index in [2.05, 4.69) is 190 Å². The van der Waals surface area contributed by atoms with Gasteiger partial charge in [0.25, 0.3) is 0 Å². The third kappa shape index (κ3) is 6.14. The van der Waals surface area contributed by atoms with Gasteiger partial charge in [0, 0.05) is 16.5 Å². The summed E-state index contributed by atoms with van der Waals surface area (Å²) in [6, 6.07) is 72.4. The maximum absolute atomic E-state index is 6.78. The number of hydrogen-bond acceptors (Lipinski definition) is 1. The molecular weight excluding hydrogens is 737 g/mol. The minimum atomic E-state index is -0.181. The fourth-order valence-corrected chi connectivity index (χ4v) is 10.1. The molecule has 1 aliphatic rings. The zero-order chi connectivity index (χ0) is 41.1. The van der Waals surface area contributed by atoms with Gasteiger partial charge in [-0.1, -0.05) is 220 Å². The minimum Gasteiger partial charge on any atom is -0.383 e. The van der Waals surface area contributed by atoms with Gasteiger partial charge in [-0.25, -0.2) is 4.99 Å². The Morgan fingerprint density at radius 3 is 1.67 bits per heavy atom. The van der Waals surface area contributed by atoms with E-state index < -0.39 is 0 Å². The van der Waals surface area contributed by atoms with Crippen LogP contribution < -0.4 is 5.73 Å². The van der Waals surface area contributed by atoms with Crippen molar-refractivity contribution in [3.05, 3.63) is 234 Å².